The van der Waals surface area contributed by atoms with Gasteiger partial charge in [0.25, 0.3) is 0 Å². The molecule has 1 fully saturated rings. The molecule has 0 bridgehead atoms. The van der Waals surface area contributed by atoms with Gasteiger partial charge in [-0.3, -0.25) is 0 Å². The Morgan fingerprint density at radius 1 is 1.62 bits per heavy atom. The molecule has 16 heavy (non-hydrogen) atoms. The number of hydrogen-bond acceptors (Lipinski definition) is 3. The minimum absolute atomic E-state index is 0.253. The van der Waals surface area contributed by atoms with Crippen LogP contribution in [0.3, 0.4) is 0 Å². The van der Waals surface area contributed by atoms with Crippen molar-refractivity contribution in [2.75, 3.05) is 29.9 Å². The van der Waals surface area contributed by atoms with Crippen LogP contribution in [0, 0.1) is 6.92 Å². The molecule has 1 saturated heterocycles. The second-order valence-electron chi connectivity index (χ2n) is 3.86. The van der Waals surface area contributed by atoms with Crippen LogP contribution in [0.5, 0.6) is 0 Å². The fourth-order valence-corrected chi connectivity index (χ4v) is 2.63. The molecule has 5 heteroatoms. The Kier molecular flexibility index (Phi) is 4.21. The van der Waals surface area contributed by atoms with Gasteiger partial charge in [-0.05, 0) is 34.5 Å². The van der Waals surface area contributed by atoms with Crippen molar-refractivity contribution < 1.29 is 4.74 Å². The highest BCUT2D eigenvalue weighted by Gasteiger charge is 2.22. The molecule has 2 rings (SSSR count). The van der Waals surface area contributed by atoms with Gasteiger partial charge >= 0.3 is 0 Å². The highest BCUT2D eigenvalue weighted by Crippen LogP contribution is 2.28. The average Bonchev–Trinajstić information content (AvgIpc) is 2.33. The van der Waals surface area contributed by atoms with E-state index in [0.29, 0.717) is 0 Å². The summed E-state index contributed by atoms with van der Waals surface area (Å²) in [7, 11) is 0. The van der Waals surface area contributed by atoms with Crippen LogP contribution in [-0.4, -0.2) is 36.1 Å². The summed E-state index contributed by atoms with van der Waals surface area (Å²) in [4.78, 5) is 6.71. The van der Waals surface area contributed by atoms with Crippen molar-refractivity contribution in [2.24, 2.45) is 0 Å². The van der Waals surface area contributed by atoms with Gasteiger partial charge in [-0.2, -0.15) is 0 Å². The number of rotatable bonds is 2. The lowest BCUT2D eigenvalue weighted by molar-refractivity contribution is 0.0567. The Morgan fingerprint density at radius 2 is 2.44 bits per heavy atom. The second kappa shape index (κ2) is 5.47. The molecule has 0 aromatic carbocycles. The third-order valence-corrected chi connectivity index (χ3v) is 4.38. The summed E-state index contributed by atoms with van der Waals surface area (Å²) in [5, 5.41) is 0.868. The average molecular weight is 350 g/mol. The number of ether oxygens (including phenoxy) is 1. The van der Waals surface area contributed by atoms with Crippen LogP contribution < -0.4 is 4.90 Å². The summed E-state index contributed by atoms with van der Waals surface area (Å²) < 4.78 is 6.71. The normalized spacial score (nSPS) is 21.2. The zero-order valence-corrected chi connectivity index (χ0v) is 12.3. The van der Waals surface area contributed by atoms with Gasteiger partial charge in [0.15, 0.2) is 0 Å². The Bertz CT molecular complexity index is 373. The second-order valence-corrected chi connectivity index (χ2v) is 5.30. The molecule has 3 nitrogen and oxygen atoms in total. The smallest absolute Gasteiger partial charge is 0.143 e. The Hall–Kier alpha value is -0.130. The van der Waals surface area contributed by atoms with Crippen molar-refractivity contribution in [3.63, 3.8) is 0 Å². The third-order valence-electron chi connectivity index (χ3n) is 2.67. The van der Waals surface area contributed by atoms with Gasteiger partial charge < -0.3 is 9.64 Å². The van der Waals surface area contributed by atoms with E-state index in [0.717, 1.165) is 35.3 Å². The minimum Gasteiger partial charge on any atom is -0.374 e. The van der Waals surface area contributed by atoms with Gasteiger partial charge in [0, 0.05) is 24.6 Å². The summed E-state index contributed by atoms with van der Waals surface area (Å²) >= 11 is 7.06. The van der Waals surface area contributed by atoms with Crippen molar-refractivity contribution in [1.29, 1.82) is 0 Å². The van der Waals surface area contributed by atoms with Crippen LogP contribution >= 0.6 is 31.9 Å². The molecule has 0 N–H and O–H groups in total. The van der Waals surface area contributed by atoms with Crippen LogP contribution in [0.2, 0.25) is 0 Å². The molecule has 1 unspecified atom stereocenters. The van der Waals surface area contributed by atoms with E-state index in [2.05, 4.69) is 48.7 Å². The molecule has 0 amide bonds. The van der Waals surface area contributed by atoms with Crippen molar-refractivity contribution in [2.45, 2.75) is 13.0 Å². The molecule has 0 radical (unpaired) electrons. The van der Waals surface area contributed by atoms with Gasteiger partial charge in [0.1, 0.15) is 5.82 Å². The maximum absolute atomic E-state index is 5.62. The van der Waals surface area contributed by atoms with Crippen molar-refractivity contribution in [3.8, 4) is 0 Å². The Labute approximate surface area is 112 Å². The molecule has 0 saturated carbocycles. The number of aryl methyl sites for hydroxylation is 1. The summed E-state index contributed by atoms with van der Waals surface area (Å²) in [6, 6.07) is 2.01. The lowest BCUT2D eigenvalue weighted by Gasteiger charge is -2.33. The highest BCUT2D eigenvalue weighted by molar-refractivity contribution is 9.10. The first kappa shape index (κ1) is 12.3. The Balaban J connectivity index is 2.20. The zero-order valence-electron chi connectivity index (χ0n) is 9.12. The van der Waals surface area contributed by atoms with E-state index in [1.807, 2.05) is 12.3 Å². The van der Waals surface area contributed by atoms with Crippen molar-refractivity contribution in [1.82, 2.24) is 4.98 Å². The fourth-order valence-electron chi connectivity index (χ4n) is 1.75. The predicted molar refractivity (Wildman–Crippen MR) is 72.4 cm³/mol. The number of anilines is 1. The molecule has 0 aliphatic carbocycles. The maximum atomic E-state index is 5.62. The van der Waals surface area contributed by atoms with Crippen LogP contribution in [0.1, 0.15) is 5.56 Å². The molecule has 2 heterocycles. The lowest BCUT2D eigenvalue weighted by atomic mass is 10.2. The van der Waals surface area contributed by atoms with Crippen LogP contribution in [0.25, 0.3) is 0 Å². The molecule has 1 aromatic heterocycles. The topological polar surface area (TPSA) is 25.4 Å². The van der Waals surface area contributed by atoms with E-state index in [1.165, 1.54) is 5.56 Å². The summed E-state index contributed by atoms with van der Waals surface area (Å²) in [5.41, 5.74) is 1.21. The van der Waals surface area contributed by atoms with Crippen molar-refractivity contribution >= 4 is 37.7 Å². The summed E-state index contributed by atoms with van der Waals surface area (Å²) in [6.45, 7) is 4.63. The molecule has 1 aliphatic heterocycles. The first-order valence-corrected chi connectivity index (χ1v) is 7.17. The van der Waals surface area contributed by atoms with Crippen LogP contribution in [-0.2, 0) is 4.74 Å². The van der Waals surface area contributed by atoms with Gasteiger partial charge in [0.05, 0.1) is 17.2 Å². The third kappa shape index (κ3) is 2.57. The number of pyridine rings is 1. The van der Waals surface area contributed by atoms with E-state index in [9.17, 15) is 0 Å². The molecular weight excluding hydrogens is 336 g/mol. The van der Waals surface area contributed by atoms with E-state index < -0.39 is 0 Å². The van der Waals surface area contributed by atoms with Gasteiger partial charge in [-0.15, -0.1) is 0 Å². The quantitative estimate of drug-likeness (QED) is 0.767. The molecule has 0 spiro atoms. The predicted octanol–water partition coefficient (Wildman–Crippen LogP) is 2.75. The number of aromatic nitrogens is 1. The maximum Gasteiger partial charge on any atom is 0.143 e. The monoisotopic (exact) mass is 348 g/mol. The SMILES string of the molecule is Cc1ccnc(N2CCOC(CBr)C2)c1Br. The number of hydrogen-bond donors (Lipinski definition) is 0. The van der Waals surface area contributed by atoms with E-state index in [1.54, 1.807) is 0 Å². The van der Waals surface area contributed by atoms with Crippen LogP contribution in [0.15, 0.2) is 16.7 Å². The fraction of sp³-hybridized carbons (Fsp3) is 0.545. The number of nitrogens with zero attached hydrogens (tertiary/aromatic N) is 2. The van der Waals surface area contributed by atoms with Gasteiger partial charge in [-0.1, -0.05) is 15.9 Å². The van der Waals surface area contributed by atoms with Crippen LogP contribution in [0.4, 0.5) is 5.82 Å². The molecule has 1 aliphatic rings. The number of alkyl halides is 1. The zero-order chi connectivity index (χ0) is 11.5. The van der Waals surface area contributed by atoms with E-state index >= 15 is 0 Å². The lowest BCUT2D eigenvalue weighted by Crippen LogP contribution is -2.43. The summed E-state index contributed by atoms with van der Waals surface area (Å²) in [5.74, 6) is 1.02. The number of morpholine rings is 1. The molecule has 1 atom stereocenters. The molecule has 1 aromatic rings. The largest absolute Gasteiger partial charge is 0.374 e. The molecule has 88 valence electrons. The molecular formula is C11H14Br2N2O. The van der Waals surface area contributed by atoms with Crippen molar-refractivity contribution in [3.05, 3.63) is 22.3 Å². The summed E-state index contributed by atoms with van der Waals surface area (Å²) in [6.07, 6.45) is 2.11. The van der Waals surface area contributed by atoms with Gasteiger partial charge in [-0.25, -0.2) is 4.98 Å². The highest BCUT2D eigenvalue weighted by atomic mass is 79.9. The first-order valence-electron chi connectivity index (χ1n) is 5.26. The first-order chi connectivity index (χ1) is 7.72. The number of halogens is 2. The minimum atomic E-state index is 0.253. The van der Waals surface area contributed by atoms with Gasteiger partial charge in [0.2, 0.25) is 0 Å². The standard InChI is InChI=1S/C11H14Br2N2O/c1-8-2-3-14-11(10(8)13)15-4-5-16-9(6-12)7-15/h2-3,9H,4-7H2,1H3. The van der Waals surface area contributed by atoms with E-state index in [4.69, 9.17) is 4.74 Å². The Morgan fingerprint density at radius 3 is 3.19 bits per heavy atom. The van der Waals surface area contributed by atoms with E-state index in [-0.39, 0.29) is 6.10 Å².